The predicted octanol–water partition coefficient (Wildman–Crippen LogP) is 3.50. The average molecular weight is 239 g/mol. The summed E-state index contributed by atoms with van der Waals surface area (Å²) in [5.74, 6) is 0.973. The lowest BCUT2D eigenvalue weighted by molar-refractivity contribution is -0.0642. The molecule has 2 fully saturated rings. The van der Waals surface area contributed by atoms with Gasteiger partial charge in [0.15, 0.2) is 0 Å². The van der Waals surface area contributed by atoms with Crippen molar-refractivity contribution in [2.24, 2.45) is 5.92 Å². The summed E-state index contributed by atoms with van der Waals surface area (Å²) in [4.78, 5) is 0. The van der Waals surface area contributed by atoms with E-state index in [2.05, 4.69) is 19.3 Å². The van der Waals surface area contributed by atoms with Crippen LogP contribution in [0.4, 0.5) is 0 Å². The summed E-state index contributed by atoms with van der Waals surface area (Å²) in [6, 6.07) is 0.604. The molecule has 0 aromatic carbocycles. The summed E-state index contributed by atoms with van der Waals surface area (Å²) in [5, 5.41) is 3.44. The molecule has 2 aliphatic rings. The zero-order valence-corrected chi connectivity index (χ0v) is 11.6. The Morgan fingerprint density at radius 2 is 1.71 bits per heavy atom. The van der Waals surface area contributed by atoms with Crippen LogP contribution in [0.25, 0.3) is 0 Å². The third-order valence-corrected chi connectivity index (χ3v) is 4.81. The van der Waals surface area contributed by atoms with Crippen molar-refractivity contribution in [1.29, 1.82) is 0 Å². The van der Waals surface area contributed by atoms with Gasteiger partial charge < -0.3 is 10.1 Å². The largest absolute Gasteiger partial charge is 0.373 e. The lowest BCUT2D eigenvalue weighted by Crippen LogP contribution is -2.44. The van der Waals surface area contributed by atoms with Crippen LogP contribution in [0.1, 0.15) is 64.7 Å². The van der Waals surface area contributed by atoms with Crippen LogP contribution < -0.4 is 5.32 Å². The van der Waals surface area contributed by atoms with Gasteiger partial charge in [-0.15, -0.1) is 0 Å². The minimum absolute atomic E-state index is 0.483. The molecule has 0 amide bonds. The highest BCUT2D eigenvalue weighted by Gasteiger charge is 2.29. The van der Waals surface area contributed by atoms with Crippen LogP contribution in [-0.2, 0) is 4.74 Å². The molecular weight excluding hydrogens is 210 g/mol. The quantitative estimate of drug-likeness (QED) is 0.810. The fraction of sp³-hybridized carbons (Fsp3) is 1.00. The highest BCUT2D eigenvalue weighted by atomic mass is 16.5. The molecule has 0 bridgehead atoms. The van der Waals surface area contributed by atoms with Gasteiger partial charge in [-0.1, -0.05) is 26.2 Å². The van der Waals surface area contributed by atoms with Crippen molar-refractivity contribution < 1.29 is 4.74 Å². The standard InChI is InChI=1S/C15H29NO/c1-3-12-8-10-13(11-9-12)17-15-7-5-4-6-14(15)16-2/h12-16H,3-11H2,1-2H3. The molecule has 2 heteroatoms. The molecule has 0 aromatic heterocycles. The van der Waals surface area contributed by atoms with Gasteiger partial charge in [-0.2, -0.15) is 0 Å². The lowest BCUT2D eigenvalue weighted by atomic mass is 9.85. The summed E-state index contributed by atoms with van der Waals surface area (Å²) < 4.78 is 6.37. The molecular formula is C15H29NO. The molecule has 0 radical (unpaired) electrons. The van der Waals surface area contributed by atoms with Crippen molar-refractivity contribution >= 4 is 0 Å². The number of likely N-dealkylation sites (N-methyl/N-ethyl adjacent to an activating group) is 1. The van der Waals surface area contributed by atoms with Crippen LogP contribution in [0, 0.1) is 5.92 Å². The normalized spacial score (nSPS) is 39.2. The Balaban J connectivity index is 1.76. The molecule has 2 aliphatic carbocycles. The second kappa shape index (κ2) is 6.75. The van der Waals surface area contributed by atoms with E-state index in [1.54, 1.807) is 0 Å². The number of hydrogen-bond donors (Lipinski definition) is 1. The maximum absolute atomic E-state index is 6.37. The molecule has 2 atom stereocenters. The van der Waals surface area contributed by atoms with Crippen LogP contribution in [0.2, 0.25) is 0 Å². The van der Waals surface area contributed by atoms with E-state index in [-0.39, 0.29) is 0 Å². The summed E-state index contributed by atoms with van der Waals surface area (Å²) in [5.41, 5.74) is 0. The van der Waals surface area contributed by atoms with Gasteiger partial charge in [-0.3, -0.25) is 0 Å². The summed E-state index contributed by atoms with van der Waals surface area (Å²) in [6.45, 7) is 2.32. The number of nitrogens with one attached hydrogen (secondary N) is 1. The smallest absolute Gasteiger partial charge is 0.0731 e. The summed E-state index contributed by atoms with van der Waals surface area (Å²) >= 11 is 0. The van der Waals surface area contributed by atoms with Crippen molar-refractivity contribution in [3.63, 3.8) is 0 Å². The molecule has 2 nitrogen and oxygen atoms in total. The number of ether oxygens (including phenoxy) is 1. The van der Waals surface area contributed by atoms with Crippen LogP contribution in [0.15, 0.2) is 0 Å². The van der Waals surface area contributed by atoms with Crippen molar-refractivity contribution in [3.8, 4) is 0 Å². The lowest BCUT2D eigenvalue weighted by Gasteiger charge is -2.36. The second-order valence-electron chi connectivity index (χ2n) is 5.91. The molecule has 17 heavy (non-hydrogen) atoms. The zero-order chi connectivity index (χ0) is 12.1. The maximum Gasteiger partial charge on any atom is 0.0731 e. The van der Waals surface area contributed by atoms with Crippen LogP contribution in [0.3, 0.4) is 0 Å². The third kappa shape index (κ3) is 3.69. The third-order valence-electron chi connectivity index (χ3n) is 4.81. The second-order valence-corrected chi connectivity index (χ2v) is 5.91. The molecule has 0 aromatic rings. The summed E-state index contributed by atoms with van der Waals surface area (Å²) in [6.07, 6.45) is 13.0. The van der Waals surface area contributed by atoms with Gasteiger partial charge in [0.1, 0.15) is 0 Å². The molecule has 0 aliphatic heterocycles. The Kier molecular flexibility index (Phi) is 5.30. The van der Waals surface area contributed by atoms with E-state index < -0.39 is 0 Å². The Hall–Kier alpha value is -0.0800. The number of hydrogen-bond acceptors (Lipinski definition) is 2. The van der Waals surface area contributed by atoms with Gasteiger partial charge in [0.2, 0.25) is 0 Å². The first kappa shape index (κ1) is 13.4. The van der Waals surface area contributed by atoms with Crippen molar-refractivity contribution in [2.75, 3.05) is 7.05 Å². The Labute approximate surface area is 107 Å². The van der Waals surface area contributed by atoms with E-state index in [1.807, 2.05) is 0 Å². The molecule has 2 saturated carbocycles. The fourth-order valence-electron chi connectivity index (χ4n) is 3.51. The van der Waals surface area contributed by atoms with Gasteiger partial charge in [-0.05, 0) is 51.5 Å². The fourth-order valence-corrected chi connectivity index (χ4v) is 3.51. The van der Waals surface area contributed by atoms with Crippen molar-refractivity contribution in [1.82, 2.24) is 5.32 Å². The van der Waals surface area contributed by atoms with E-state index in [1.165, 1.54) is 57.8 Å². The monoisotopic (exact) mass is 239 g/mol. The SMILES string of the molecule is CCC1CCC(OC2CCCCC2NC)CC1. The van der Waals surface area contributed by atoms with Crippen LogP contribution >= 0.6 is 0 Å². The van der Waals surface area contributed by atoms with Gasteiger partial charge in [0.25, 0.3) is 0 Å². The van der Waals surface area contributed by atoms with Crippen LogP contribution in [0.5, 0.6) is 0 Å². The molecule has 0 heterocycles. The molecule has 0 saturated heterocycles. The minimum atomic E-state index is 0.483. The Morgan fingerprint density at radius 1 is 1.00 bits per heavy atom. The Morgan fingerprint density at radius 3 is 2.35 bits per heavy atom. The topological polar surface area (TPSA) is 21.3 Å². The van der Waals surface area contributed by atoms with Gasteiger partial charge in [-0.25, -0.2) is 0 Å². The van der Waals surface area contributed by atoms with Crippen LogP contribution in [-0.4, -0.2) is 25.3 Å². The predicted molar refractivity (Wildman–Crippen MR) is 72.2 cm³/mol. The first-order chi connectivity index (χ1) is 8.33. The van der Waals surface area contributed by atoms with Gasteiger partial charge in [0, 0.05) is 6.04 Å². The zero-order valence-electron chi connectivity index (χ0n) is 11.6. The van der Waals surface area contributed by atoms with Gasteiger partial charge >= 0.3 is 0 Å². The molecule has 1 N–H and O–H groups in total. The minimum Gasteiger partial charge on any atom is -0.373 e. The molecule has 0 spiro atoms. The van der Waals surface area contributed by atoms with Crippen molar-refractivity contribution in [3.05, 3.63) is 0 Å². The van der Waals surface area contributed by atoms with E-state index in [0.29, 0.717) is 18.2 Å². The highest BCUT2D eigenvalue weighted by molar-refractivity contribution is 4.83. The molecule has 2 rings (SSSR count). The maximum atomic E-state index is 6.37. The van der Waals surface area contributed by atoms with E-state index in [9.17, 15) is 0 Å². The first-order valence-corrected chi connectivity index (χ1v) is 7.66. The number of rotatable bonds is 4. The summed E-state index contributed by atoms with van der Waals surface area (Å²) in [7, 11) is 2.08. The Bertz CT molecular complexity index is 211. The van der Waals surface area contributed by atoms with E-state index in [4.69, 9.17) is 4.74 Å². The first-order valence-electron chi connectivity index (χ1n) is 7.66. The van der Waals surface area contributed by atoms with Gasteiger partial charge in [0.05, 0.1) is 12.2 Å². The molecule has 2 unspecified atom stereocenters. The van der Waals surface area contributed by atoms with Crippen molar-refractivity contribution in [2.45, 2.75) is 83.0 Å². The average Bonchev–Trinajstić information content (AvgIpc) is 2.40. The molecule has 100 valence electrons. The van der Waals surface area contributed by atoms with E-state index >= 15 is 0 Å². The van der Waals surface area contributed by atoms with E-state index in [0.717, 1.165) is 5.92 Å². The highest BCUT2D eigenvalue weighted by Crippen LogP contribution is 2.31.